The molecule has 2 N–H and O–H groups in total. The highest BCUT2D eigenvalue weighted by Gasteiger charge is 2.06. The molecule has 1 aromatic carbocycles. The summed E-state index contributed by atoms with van der Waals surface area (Å²) in [6.45, 7) is 3.94. The fraction of sp³-hybridized carbons (Fsp3) is 0.462. The van der Waals surface area contributed by atoms with E-state index in [4.69, 9.17) is 21.4 Å². The normalized spacial score (nSPS) is 10.5. The smallest absolute Gasteiger partial charge is 0.223 e. The lowest BCUT2D eigenvalue weighted by molar-refractivity contribution is -0.122. The largest absolute Gasteiger partial charge is 0.493 e. The molecule has 0 atom stereocenters. The Hall–Kier alpha value is -1.26. The minimum absolute atomic E-state index is 0.0514. The molecule has 1 amide bonds. The second-order valence-corrected chi connectivity index (χ2v) is 4.67. The van der Waals surface area contributed by atoms with Crippen LogP contribution in [0, 0.1) is 0 Å². The Morgan fingerprint density at radius 1 is 1.50 bits per heavy atom. The maximum absolute atomic E-state index is 11.4. The molecule has 0 aliphatic carbocycles. The minimum Gasteiger partial charge on any atom is -0.493 e. The number of hydrogen-bond donors (Lipinski definition) is 2. The van der Waals surface area contributed by atoms with Gasteiger partial charge in [-0.15, -0.1) is 0 Å². The van der Waals surface area contributed by atoms with Crippen molar-refractivity contribution in [3.05, 3.63) is 28.8 Å². The van der Waals surface area contributed by atoms with Gasteiger partial charge in [0.1, 0.15) is 5.75 Å². The quantitative estimate of drug-likeness (QED) is 0.833. The molecule has 0 saturated heterocycles. The lowest BCUT2D eigenvalue weighted by atomic mass is 10.2. The van der Waals surface area contributed by atoms with Crippen LogP contribution in [0.15, 0.2) is 18.2 Å². The first-order chi connectivity index (χ1) is 8.52. The number of aliphatic hydroxyl groups is 1. The number of nitrogens with one attached hydrogen (secondary N) is 1. The third-order valence-corrected chi connectivity index (χ3v) is 2.46. The van der Waals surface area contributed by atoms with E-state index in [0.29, 0.717) is 16.3 Å². The van der Waals surface area contributed by atoms with Gasteiger partial charge < -0.3 is 15.2 Å². The number of carbonyl (C=O) groups excluding carboxylic acids is 1. The Bertz CT molecular complexity index is 407. The summed E-state index contributed by atoms with van der Waals surface area (Å²) >= 11 is 5.81. The highest BCUT2D eigenvalue weighted by atomic mass is 35.5. The van der Waals surface area contributed by atoms with E-state index in [1.807, 2.05) is 13.8 Å². The third-order valence-electron chi connectivity index (χ3n) is 2.23. The number of ether oxygens (including phenoxy) is 1. The molecule has 100 valence electrons. The standard InChI is InChI=1S/C13H18ClNO3/c1-9(2)15-13(17)5-6-18-12-4-3-11(14)7-10(12)8-16/h3-4,7,9,16H,5-6,8H2,1-2H3,(H,15,17). The zero-order chi connectivity index (χ0) is 13.5. The molecule has 4 nitrogen and oxygen atoms in total. The van der Waals surface area contributed by atoms with Crippen LogP contribution in [-0.4, -0.2) is 23.7 Å². The highest BCUT2D eigenvalue weighted by Crippen LogP contribution is 2.22. The van der Waals surface area contributed by atoms with Gasteiger partial charge in [-0.3, -0.25) is 4.79 Å². The van der Waals surface area contributed by atoms with E-state index in [0.717, 1.165) is 0 Å². The molecule has 0 aromatic heterocycles. The molecule has 0 aliphatic rings. The second kappa shape index (κ2) is 7.24. The van der Waals surface area contributed by atoms with Crippen molar-refractivity contribution in [1.29, 1.82) is 0 Å². The van der Waals surface area contributed by atoms with E-state index in [9.17, 15) is 4.79 Å². The fourth-order valence-corrected chi connectivity index (χ4v) is 1.65. The zero-order valence-electron chi connectivity index (χ0n) is 10.6. The first-order valence-electron chi connectivity index (χ1n) is 5.84. The van der Waals surface area contributed by atoms with Crippen LogP contribution in [-0.2, 0) is 11.4 Å². The van der Waals surface area contributed by atoms with Crippen LogP contribution in [0.1, 0.15) is 25.8 Å². The number of halogens is 1. The van der Waals surface area contributed by atoms with Gasteiger partial charge in [-0.1, -0.05) is 11.6 Å². The monoisotopic (exact) mass is 271 g/mol. The number of rotatable bonds is 6. The van der Waals surface area contributed by atoms with Gasteiger partial charge in [-0.25, -0.2) is 0 Å². The average Bonchev–Trinajstić information content (AvgIpc) is 2.30. The van der Waals surface area contributed by atoms with E-state index >= 15 is 0 Å². The van der Waals surface area contributed by atoms with Crippen LogP contribution in [0.5, 0.6) is 5.75 Å². The van der Waals surface area contributed by atoms with Crippen molar-refractivity contribution >= 4 is 17.5 Å². The van der Waals surface area contributed by atoms with Crippen molar-refractivity contribution in [3.63, 3.8) is 0 Å². The summed E-state index contributed by atoms with van der Waals surface area (Å²) in [6.07, 6.45) is 0.283. The van der Waals surface area contributed by atoms with Crippen molar-refractivity contribution < 1.29 is 14.6 Å². The molecule has 0 radical (unpaired) electrons. The molecule has 5 heteroatoms. The first-order valence-corrected chi connectivity index (χ1v) is 6.22. The Morgan fingerprint density at radius 3 is 2.83 bits per heavy atom. The van der Waals surface area contributed by atoms with E-state index in [1.54, 1.807) is 18.2 Å². The number of hydrogen-bond acceptors (Lipinski definition) is 3. The van der Waals surface area contributed by atoms with Crippen molar-refractivity contribution in [3.8, 4) is 5.75 Å². The molecule has 18 heavy (non-hydrogen) atoms. The van der Waals surface area contributed by atoms with E-state index in [2.05, 4.69) is 5.32 Å². The van der Waals surface area contributed by atoms with Gasteiger partial charge in [0.15, 0.2) is 0 Å². The molecule has 0 aliphatic heterocycles. The molecular weight excluding hydrogens is 254 g/mol. The molecule has 1 rings (SSSR count). The van der Waals surface area contributed by atoms with Crippen molar-refractivity contribution in [2.75, 3.05) is 6.61 Å². The van der Waals surface area contributed by atoms with Crippen LogP contribution < -0.4 is 10.1 Å². The van der Waals surface area contributed by atoms with Gasteiger partial charge >= 0.3 is 0 Å². The fourth-order valence-electron chi connectivity index (χ4n) is 1.46. The minimum atomic E-state index is -0.145. The molecule has 0 unspecified atom stereocenters. The lowest BCUT2D eigenvalue weighted by Crippen LogP contribution is -2.31. The van der Waals surface area contributed by atoms with E-state index in [1.165, 1.54) is 0 Å². The summed E-state index contributed by atoms with van der Waals surface area (Å²) in [5.41, 5.74) is 0.617. The highest BCUT2D eigenvalue weighted by molar-refractivity contribution is 6.30. The van der Waals surface area contributed by atoms with E-state index < -0.39 is 0 Å². The average molecular weight is 272 g/mol. The SMILES string of the molecule is CC(C)NC(=O)CCOc1ccc(Cl)cc1CO. The van der Waals surface area contributed by atoms with Gasteiger partial charge in [0, 0.05) is 16.6 Å². The predicted molar refractivity (Wildman–Crippen MR) is 70.8 cm³/mol. The molecule has 0 heterocycles. The summed E-state index contributed by atoms with van der Waals surface area (Å²) in [4.78, 5) is 11.4. The van der Waals surface area contributed by atoms with Crippen LogP contribution >= 0.6 is 11.6 Å². The molecule has 0 saturated carbocycles. The van der Waals surface area contributed by atoms with Crippen molar-refractivity contribution in [2.45, 2.75) is 32.9 Å². The number of benzene rings is 1. The lowest BCUT2D eigenvalue weighted by Gasteiger charge is -2.11. The van der Waals surface area contributed by atoms with E-state index in [-0.39, 0.29) is 31.6 Å². The number of aliphatic hydroxyl groups excluding tert-OH is 1. The predicted octanol–water partition coefficient (Wildman–Crippen LogP) is 2.13. The van der Waals surface area contributed by atoms with Crippen molar-refractivity contribution in [1.82, 2.24) is 5.32 Å². The Kier molecular flexibility index (Phi) is 5.95. The van der Waals surface area contributed by atoms with Gasteiger partial charge in [0.05, 0.1) is 19.6 Å². The Labute approximate surface area is 112 Å². The zero-order valence-corrected chi connectivity index (χ0v) is 11.3. The molecule has 1 aromatic rings. The van der Waals surface area contributed by atoms with Crippen molar-refractivity contribution in [2.24, 2.45) is 0 Å². The molecular formula is C13H18ClNO3. The summed E-state index contributed by atoms with van der Waals surface area (Å²) in [7, 11) is 0. The van der Waals surface area contributed by atoms with Gasteiger partial charge in [0.2, 0.25) is 5.91 Å². The molecule has 0 spiro atoms. The second-order valence-electron chi connectivity index (χ2n) is 4.23. The van der Waals surface area contributed by atoms with Gasteiger partial charge in [0.25, 0.3) is 0 Å². The van der Waals surface area contributed by atoms with Crippen LogP contribution in [0.3, 0.4) is 0 Å². The van der Waals surface area contributed by atoms with Gasteiger partial charge in [-0.05, 0) is 32.0 Å². The Balaban J connectivity index is 2.46. The maximum Gasteiger partial charge on any atom is 0.223 e. The summed E-state index contributed by atoms with van der Waals surface area (Å²) in [6, 6.07) is 5.14. The molecule has 0 bridgehead atoms. The summed E-state index contributed by atoms with van der Waals surface area (Å²) in [5.74, 6) is 0.503. The number of amides is 1. The first kappa shape index (κ1) is 14.8. The summed E-state index contributed by atoms with van der Waals surface area (Å²) < 4.78 is 5.46. The topological polar surface area (TPSA) is 58.6 Å². The van der Waals surface area contributed by atoms with Gasteiger partial charge in [-0.2, -0.15) is 0 Å². The van der Waals surface area contributed by atoms with Crippen LogP contribution in [0.2, 0.25) is 5.02 Å². The van der Waals surface area contributed by atoms with Crippen LogP contribution in [0.4, 0.5) is 0 Å². The van der Waals surface area contributed by atoms with Crippen LogP contribution in [0.25, 0.3) is 0 Å². The maximum atomic E-state index is 11.4. The third kappa shape index (κ3) is 4.94. The number of carbonyl (C=O) groups is 1. The Morgan fingerprint density at radius 2 is 2.22 bits per heavy atom. The molecule has 0 fully saturated rings. The summed E-state index contributed by atoms with van der Waals surface area (Å²) in [5, 5.41) is 12.5.